The minimum absolute atomic E-state index is 0.142. The van der Waals surface area contributed by atoms with Gasteiger partial charge in [0.05, 0.1) is 11.9 Å². The van der Waals surface area contributed by atoms with Crippen LogP contribution in [0.3, 0.4) is 0 Å². The average molecular weight is 584 g/mol. The zero-order chi connectivity index (χ0) is 29.4. The van der Waals surface area contributed by atoms with E-state index in [1.807, 2.05) is 75.4 Å². The first-order valence-corrected chi connectivity index (χ1v) is 15.5. The van der Waals surface area contributed by atoms with E-state index in [2.05, 4.69) is 5.32 Å². The smallest absolute Gasteiger partial charge is 0.244 e. The molecule has 0 radical (unpaired) electrons. The first kappa shape index (κ1) is 31.2. The average Bonchev–Trinajstić information content (AvgIpc) is 2.89. The lowest BCUT2D eigenvalue weighted by Gasteiger charge is -2.34. The van der Waals surface area contributed by atoms with Gasteiger partial charge >= 0.3 is 0 Å². The number of aryl methyl sites for hydroxylation is 2. The molecule has 0 saturated heterocycles. The number of halogens is 1. The van der Waals surface area contributed by atoms with Crippen molar-refractivity contribution in [2.24, 2.45) is 5.92 Å². The highest BCUT2D eigenvalue weighted by Gasteiger charge is 2.33. The van der Waals surface area contributed by atoms with Gasteiger partial charge in [0.1, 0.15) is 12.6 Å². The number of hydrogen-bond acceptors (Lipinski definition) is 4. The topological polar surface area (TPSA) is 86.8 Å². The summed E-state index contributed by atoms with van der Waals surface area (Å²) in [4.78, 5) is 29.2. The zero-order valence-corrected chi connectivity index (χ0v) is 25.3. The summed E-state index contributed by atoms with van der Waals surface area (Å²) >= 11 is 6.11. The van der Waals surface area contributed by atoms with Crippen LogP contribution in [0.5, 0.6) is 0 Å². The summed E-state index contributed by atoms with van der Waals surface area (Å²) in [5.74, 6) is -0.552. The van der Waals surface area contributed by atoms with E-state index >= 15 is 0 Å². The van der Waals surface area contributed by atoms with Crippen LogP contribution >= 0.6 is 11.6 Å². The number of amides is 2. The van der Waals surface area contributed by atoms with Crippen molar-refractivity contribution in [2.75, 3.05) is 23.7 Å². The molecule has 9 heteroatoms. The number of rotatable bonds is 12. The van der Waals surface area contributed by atoms with Gasteiger partial charge in [-0.05, 0) is 54.7 Å². The van der Waals surface area contributed by atoms with Crippen molar-refractivity contribution in [3.05, 3.63) is 100 Å². The van der Waals surface area contributed by atoms with Gasteiger partial charge in [0.2, 0.25) is 21.8 Å². The molecule has 0 aliphatic heterocycles. The highest BCUT2D eigenvalue weighted by Crippen LogP contribution is 2.26. The maximum Gasteiger partial charge on any atom is 0.244 e. The highest BCUT2D eigenvalue weighted by molar-refractivity contribution is 7.92. The fourth-order valence-electron chi connectivity index (χ4n) is 4.36. The van der Waals surface area contributed by atoms with Crippen LogP contribution in [0.15, 0.2) is 72.8 Å². The summed E-state index contributed by atoms with van der Waals surface area (Å²) < 4.78 is 27.0. The minimum Gasteiger partial charge on any atom is -0.354 e. The van der Waals surface area contributed by atoms with Crippen LogP contribution in [0.2, 0.25) is 5.02 Å². The van der Waals surface area contributed by atoms with Crippen LogP contribution in [0.1, 0.15) is 36.1 Å². The molecule has 2 amide bonds. The van der Waals surface area contributed by atoms with Crippen molar-refractivity contribution in [2.45, 2.75) is 46.7 Å². The highest BCUT2D eigenvalue weighted by atomic mass is 35.5. The van der Waals surface area contributed by atoms with Gasteiger partial charge in [0.25, 0.3) is 0 Å². The van der Waals surface area contributed by atoms with Gasteiger partial charge in [0.15, 0.2) is 0 Å². The second-order valence-corrected chi connectivity index (χ2v) is 12.9. The van der Waals surface area contributed by atoms with Crippen molar-refractivity contribution < 1.29 is 18.0 Å². The molecule has 3 aromatic rings. The third kappa shape index (κ3) is 8.83. The van der Waals surface area contributed by atoms with Gasteiger partial charge in [0, 0.05) is 24.5 Å². The van der Waals surface area contributed by atoms with Gasteiger partial charge in [-0.3, -0.25) is 13.9 Å². The molecule has 3 aromatic carbocycles. The molecule has 0 aromatic heterocycles. The number of carbonyl (C=O) groups excluding carboxylic acids is 2. The summed E-state index contributed by atoms with van der Waals surface area (Å²) in [5, 5.41) is 3.45. The van der Waals surface area contributed by atoms with E-state index in [1.165, 1.54) is 4.90 Å². The van der Waals surface area contributed by atoms with E-state index in [0.29, 0.717) is 22.8 Å². The third-order valence-corrected chi connectivity index (χ3v) is 7.90. The van der Waals surface area contributed by atoms with Crippen molar-refractivity contribution in [3.63, 3.8) is 0 Å². The molecule has 0 aliphatic carbocycles. The van der Waals surface area contributed by atoms with Gasteiger partial charge < -0.3 is 10.2 Å². The Bertz CT molecular complexity index is 1410. The lowest BCUT2D eigenvalue weighted by Crippen LogP contribution is -2.53. The molecule has 7 nitrogen and oxygen atoms in total. The second-order valence-electron chi connectivity index (χ2n) is 10.6. The zero-order valence-electron chi connectivity index (χ0n) is 23.7. The fraction of sp³-hybridized carbons (Fsp3) is 0.355. The van der Waals surface area contributed by atoms with Crippen LogP contribution in [0, 0.1) is 19.8 Å². The van der Waals surface area contributed by atoms with Crippen molar-refractivity contribution in [1.29, 1.82) is 0 Å². The normalized spacial score (nSPS) is 12.2. The summed E-state index contributed by atoms with van der Waals surface area (Å²) in [5.41, 5.74) is 3.77. The summed E-state index contributed by atoms with van der Waals surface area (Å²) in [6.07, 6.45) is 1.34. The number of hydrogen-bond donors (Lipinski definition) is 1. The second kappa shape index (κ2) is 13.8. The SMILES string of the molecule is Cc1ccc(CN(C(=O)CN(c2ccc(Cl)cc2C)S(C)(=O)=O)[C@H](Cc2ccccc2)C(=O)NCC(C)C)cc1. The molecular formula is C31H38ClN3O4S. The molecule has 0 spiro atoms. The quantitative estimate of drug-likeness (QED) is 0.320. The number of sulfonamides is 1. The van der Waals surface area contributed by atoms with Crippen LogP contribution in [-0.4, -0.2) is 50.5 Å². The first-order valence-electron chi connectivity index (χ1n) is 13.3. The molecule has 40 heavy (non-hydrogen) atoms. The number of benzene rings is 3. The predicted octanol–water partition coefficient (Wildman–Crippen LogP) is 5.14. The van der Waals surface area contributed by atoms with Gasteiger partial charge in [-0.1, -0.05) is 85.6 Å². The minimum atomic E-state index is -3.84. The Labute approximate surface area is 243 Å². The van der Waals surface area contributed by atoms with Crippen LogP contribution in [0.4, 0.5) is 5.69 Å². The lowest BCUT2D eigenvalue weighted by molar-refractivity contribution is -0.140. The Morgan fingerprint density at radius 3 is 2.15 bits per heavy atom. The Balaban J connectivity index is 2.06. The van der Waals surface area contributed by atoms with Crippen molar-refractivity contribution >= 4 is 39.1 Å². The van der Waals surface area contributed by atoms with E-state index in [1.54, 1.807) is 25.1 Å². The van der Waals surface area contributed by atoms with Crippen LogP contribution in [0.25, 0.3) is 0 Å². The Hall–Kier alpha value is -3.36. The molecule has 0 bridgehead atoms. The van der Waals surface area contributed by atoms with Crippen molar-refractivity contribution in [1.82, 2.24) is 10.2 Å². The predicted molar refractivity (Wildman–Crippen MR) is 162 cm³/mol. The van der Waals surface area contributed by atoms with E-state index in [9.17, 15) is 18.0 Å². The molecular weight excluding hydrogens is 546 g/mol. The number of anilines is 1. The molecule has 0 heterocycles. The van der Waals surface area contributed by atoms with E-state index in [4.69, 9.17) is 11.6 Å². The molecule has 1 atom stereocenters. The molecule has 1 N–H and O–H groups in total. The van der Waals surface area contributed by atoms with Gasteiger partial charge in [-0.25, -0.2) is 8.42 Å². The number of nitrogens with one attached hydrogen (secondary N) is 1. The standard InChI is InChI=1S/C31H38ClN3O4S/c1-22(2)19-33-31(37)29(18-25-9-7-6-8-10-25)34(20-26-13-11-23(3)12-14-26)30(36)21-35(40(5,38)39)28-16-15-27(32)17-24(28)4/h6-17,22,29H,18-21H2,1-5H3,(H,33,37)/t29-/m1/s1. The van der Waals surface area contributed by atoms with Gasteiger partial charge in [-0.2, -0.15) is 0 Å². The fourth-order valence-corrected chi connectivity index (χ4v) is 5.49. The Morgan fingerprint density at radius 1 is 0.925 bits per heavy atom. The largest absolute Gasteiger partial charge is 0.354 e. The van der Waals surface area contributed by atoms with E-state index < -0.39 is 28.5 Å². The summed E-state index contributed by atoms with van der Waals surface area (Å²) in [6.45, 7) is 7.85. The Morgan fingerprint density at radius 2 is 1.57 bits per heavy atom. The maximum absolute atomic E-state index is 14.1. The third-order valence-electron chi connectivity index (χ3n) is 6.54. The number of nitrogens with zero attached hydrogens (tertiary/aromatic N) is 2. The summed E-state index contributed by atoms with van der Waals surface area (Å²) in [6, 6.07) is 21.2. The van der Waals surface area contributed by atoms with Crippen LogP contribution in [-0.2, 0) is 32.6 Å². The molecule has 3 rings (SSSR count). The Kier molecular flexibility index (Phi) is 10.8. The molecule has 0 saturated carbocycles. The molecule has 0 fully saturated rings. The van der Waals surface area contributed by atoms with Crippen LogP contribution < -0.4 is 9.62 Å². The van der Waals surface area contributed by atoms with E-state index in [0.717, 1.165) is 27.3 Å². The molecule has 214 valence electrons. The van der Waals surface area contributed by atoms with Crippen molar-refractivity contribution in [3.8, 4) is 0 Å². The first-order chi connectivity index (χ1) is 18.8. The number of carbonyl (C=O) groups is 2. The van der Waals surface area contributed by atoms with Gasteiger partial charge in [-0.15, -0.1) is 0 Å². The monoisotopic (exact) mass is 583 g/mol. The molecule has 0 unspecified atom stereocenters. The lowest BCUT2D eigenvalue weighted by atomic mass is 10.0. The maximum atomic E-state index is 14.1. The summed E-state index contributed by atoms with van der Waals surface area (Å²) in [7, 11) is -3.84. The van der Waals surface area contributed by atoms with E-state index in [-0.39, 0.29) is 24.8 Å². The molecule has 0 aliphatic rings.